The Morgan fingerprint density at radius 2 is 1.79 bits per heavy atom. The van der Waals surface area contributed by atoms with Gasteiger partial charge in [-0.3, -0.25) is 20.4 Å². The molecule has 0 spiro atoms. The molecule has 6 nitrogen and oxygen atoms in total. The van der Waals surface area contributed by atoms with Crippen molar-refractivity contribution in [2.45, 2.75) is 6.92 Å². The Labute approximate surface area is 171 Å². The number of hydrazine groups is 1. The van der Waals surface area contributed by atoms with Crippen molar-refractivity contribution < 1.29 is 18.7 Å². The van der Waals surface area contributed by atoms with Crippen LogP contribution in [0, 0.1) is 12.7 Å². The predicted octanol–water partition coefficient (Wildman–Crippen LogP) is 3.74. The van der Waals surface area contributed by atoms with Gasteiger partial charge < -0.3 is 10.1 Å². The summed E-state index contributed by atoms with van der Waals surface area (Å²) in [5.41, 5.74) is 7.19. The fraction of sp³-hybridized carbons (Fsp3) is 0.143. The van der Waals surface area contributed by atoms with E-state index in [1.165, 1.54) is 23.5 Å². The number of methoxy groups -OCH3 is 1. The molecule has 0 unspecified atom stereocenters. The highest BCUT2D eigenvalue weighted by atomic mass is 32.1. The molecule has 3 rings (SSSR count). The second-order valence-corrected chi connectivity index (χ2v) is 7.24. The summed E-state index contributed by atoms with van der Waals surface area (Å²) in [7, 11) is 1.55. The van der Waals surface area contributed by atoms with E-state index in [2.05, 4.69) is 16.2 Å². The number of halogens is 1. The summed E-state index contributed by atoms with van der Waals surface area (Å²) >= 11 is 1.28. The van der Waals surface area contributed by atoms with Gasteiger partial charge in [-0.25, -0.2) is 4.39 Å². The van der Waals surface area contributed by atoms with Gasteiger partial charge in [-0.1, -0.05) is 24.3 Å². The first-order valence-electron chi connectivity index (χ1n) is 8.80. The van der Waals surface area contributed by atoms with Crippen molar-refractivity contribution >= 4 is 28.8 Å². The Morgan fingerprint density at radius 1 is 1.07 bits per heavy atom. The van der Waals surface area contributed by atoms with Crippen LogP contribution in [0.1, 0.15) is 15.2 Å². The molecule has 1 aromatic heterocycles. The highest BCUT2D eigenvalue weighted by Crippen LogP contribution is 2.32. The van der Waals surface area contributed by atoms with Crippen molar-refractivity contribution in [3.8, 4) is 16.2 Å². The van der Waals surface area contributed by atoms with Crippen molar-refractivity contribution in [2.24, 2.45) is 0 Å². The summed E-state index contributed by atoms with van der Waals surface area (Å²) in [6, 6.07) is 15.0. The third-order valence-corrected chi connectivity index (χ3v) is 5.39. The number of benzene rings is 2. The zero-order valence-electron chi connectivity index (χ0n) is 15.9. The Morgan fingerprint density at radius 3 is 2.52 bits per heavy atom. The molecule has 1 heterocycles. The topological polar surface area (TPSA) is 79.5 Å². The van der Waals surface area contributed by atoms with E-state index in [-0.39, 0.29) is 12.4 Å². The highest BCUT2D eigenvalue weighted by Gasteiger charge is 2.14. The Balaban J connectivity index is 1.56. The van der Waals surface area contributed by atoms with Crippen LogP contribution in [-0.2, 0) is 4.79 Å². The summed E-state index contributed by atoms with van der Waals surface area (Å²) in [5.74, 6) is -0.523. The van der Waals surface area contributed by atoms with Gasteiger partial charge in [-0.2, -0.15) is 0 Å². The minimum atomic E-state index is -0.419. The minimum Gasteiger partial charge on any atom is -0.495 e. The number of nitrogens with one attached hydrogen (secondary N) is 3. The number of thiophene rings is 1. The molecular formula is C21H20FN3O3S. The van der Waals surface area contributed by atoms with Gasteiger partial charge in [0, 0.05) is 4.88 Å². The maximum atomic E-state index is 13.1. The van der Waals surface area contributed by atoms with Gasteiger partial charge in [0.05, 0.1) is 24.2 Å². The van der Waals surface area contributed by atoms with Crippen molar-refractivity contribution in [1.29, 1.82) is 0 Å². The molecule has 0 atom stereocenters. The lowest BCUT2D eigenvalue weighted by Crippen LogP contribution is -2.43. The molecule has 0 aliphatic carbocycles. The van der Waals surface area contributed by atoms with Gasteiger partial charge in [0.2, 0.25) is 0 Å². The van der Waals surface area contributed by atoms with Crippen molar-refractivity contribution in [3.05, 3.63) is 70.9 Å². The van der Waals surface area contributed by atoms with Gasteiger partial charge in [-0.05, 0) is 48.4 Å². The number of hydrogen-bond acceptors (Lipinski definition) is 5. The number of carbonyl (C=O) groups excluding carboxylic acids is 2. The average molecular weight is 413 g/mol. The van der Waals surface area contributed by atoms with Crippen molar-refractivity contribution in [1.82, 2.24) is 10.9 Å². The van der Waals surface area contributed by atoms with Gasteiger partial charge in [0.15, 0.2) is 0 Å². The molecule has 2 aromatic carbocycles. The highest BCUT2D eigenvalue weighted by molar-refractivity contribution is 7.17. The molecule has 3 aromatic rings. The standard InChI is InChI=1S/C21H20FN3O3S/c1-13-11-18(29-20(13)14-7-9-15(22)10-8-14)21(27)25-24-19(26)12-23-16-5-3-4-6-17(16)28-2/h3-11,23H,12H2,1-2H3,(H,24,26)(H,25,27). The van der Waals surface area contributed by atoms with Crippen LogP contribution >= 0.6 is 11.3 Å². The molecule has 0 fully saturated rings. The molecule has 150 valence electrons. The number of amides is 2. The smallest absolute Gasteiger partial charge is 0.279 e. The molecule has 0 aliphatic rings. The molecule has 29 heavy (non-hydrogen) atoms. The molecule has 3 N–H and O–H groups in total. The van der Waals surface area contributed by atoms with Crippen LogP contribution in [0.5, 0.6) is 5.75 Å². The van der Waals surface area contributed by atoms with Crippen LogP contribution in [-0.4, -0.2) is 25.5 Å². The first-order chi connectivity index (χ1) is 14.0. The van der Waals surface area contributed by atoms with Gasteiger partial charge >= 0.3 is 0 Å². The molecule has 0 aliphatic heterocycles. The van der Waals surface area contributed by atoms with E-state index >= 15 is 0 Å². The molecule has 2 amide bonds. The van der Waals surface area contributed by atoms with Crippen molar-refractivity contribution in [3.63, 3.8) is 0 Å². The van der Waals surface area contributed by atoms with Gasteiger partial charge in [0.25, 0.3) is 11.8 Å². The lowest BCUT2D eigenvalue weighted by atomic mass is 10.1. The Bertz CT molecular complexity index is 1020. The first-order valence-corrected chi connectivity index (χ1v) is 9.62. The summed E-state index contributed by atoms with van der Waals surface area (Å²) in [4.78, 5) is 25.7. The number of aryl methyl sites for hydroxylation is 1. The number of ether oxygens (including phenoxy) is 1. The van der Waals surface area contributed by atoms with Crippen LogP contribution in [0.3, 0.4) is 0 Å². The lowest BCUT2D eigenvalue weighted by molar-refractivity contribution is -0.120. The number of hydrogen-bond donors (Lipinski definition) is 3. The third-order valence-electron chi connectivity index (χ3n) is 4.11. The second-order valence-electron chi connectivity index (χ2n) is 6.19. The summed E-state index contributed by atoms with van der Waals surface area (Å²) in [5, 5.41) is 2.95. The molecular weight excluding hydrogens is 393 g/mol. The summed E-state index contributed by atoms with van der Waals surface area (Å²) in [6.07, 6.45) is 0. The van der Waals surface area contributed by atoms with E-state index in [4.69, 9.17) is 4.74 Å². The van der Waals surface area contributed by atoms with E-state index < -0.39 is 11.8 Å². The Hall–Kier alpha value is -3.39. The van der Waals surface area contributed by atoms with E-state index in [0.717, 1.165) is 16.0 Å². The largest absolute Gasteiger partial charge is 0.495 e. The molecule has 0 bridgehead atoms. The third kappa shape index (κ3) is 5.11. The van der Waals surface area contributed by atoms with Crippen LogP contribution in [0.4, 0.5) is 10.1 Å². The average Bonchev–Trinajstić information content (AvgIpc) is 3.13. The van der Waals surface area contributed by atoms with Crippen LogP contribution in [0.15, 0.2) is 54.6 Å². The Kier molecular flexibility index (Phi) is 6.46. The van der Waals surface area contributed by atoms with Crippen LogP contribution in [0.2, 0.25) is 0 Å². The quantitative estimate of drug-likeness (QED) is 0.538. The molecule has 0 radical (unpaired) electrons. The van der Waals surface area contributed by atoms with Crippen molar-refractivity contribution in [2.75, 3.05) is 19.0 Å². The molecule has 0 saturated heterocycles. The van der Waals surface area contributed by atoms with Crippen LogP contribution in [0.25, 0.3) is 10.4 Å². The van der Waals surface area contributed by atoms with Crippen LogP contribution < -0.4 is 20.9 Å². The van der Waals surface area contributed by atoms with Gasteiger partial charge in [0.1, 0.15) is 11.6 Å². The zero-order chi connectivity index (χ0) is 20.8. The number of para-hydroxylation sites is 2. The minimum absolute atomic E-state index is 0.0368. The fourth-order valence-electron chi connectivity index (χ4n) is 2.68. The normalized spacial score (nSPS) is 10.3. The fourth-order valence-corrected chi connectivity index (χ4v) is 3.75. The van der Waals surface area contributed by atoms with E-state index in [1.807, 2.05) is 19.1 Å². The second kappa shape index (κ2) is 9.20. The lowest BCUT2D eigenvalue weighted by Gasteiger charge is -2.11. The summed E-state index contributed by atoms with van der Waals surface area (Å²) in [6.45, 7) is 1.84. The molecule has 8 heteroatoms. The van der Waals surface area contributed by atoms with E-state index in [0.29, 0.717) is 16.3 Å². The van der Waals surface area contributed by atoms with E-state index in [9.17, 15) is 14.0 Å². The number of rotatable bonds is 6. The number of anilines is 1. The summed E-state index contributed by atoms with van der Waals surface area (Å²) < 4.78 is 18.3. The predicted molar refractivity (Wildman–Crippen MR) is 112 cm³/mol. The number of carbonyl (C=O) groups is 2. The maximum absolute atomic E-state index is 13.1. The SMILES string of the molecule is COc1ccccc1NCC(=O)NNC(=O)c1cc(C)c(-c2ccc(F)cc2)s1. The monoisotopic (exact) mass is 413 g/mol. The molecule has 0 saturated carbocycles. The zero-order valence-corrected chi connectivity index (χ0v) is 16.7. The first kappa shape index (κ1) is 20.3. The maximum Gasteiger partial charge on any atom is 0.279 e. The van der Waals surface area contributed by atoms with E-state index in [1.54, 1.807) is 37.4 Å². The van der Waals surface area contributed by atoms with Gasteiger partial charge in [-0.15, -0.1) is 11.3 Å².